The molecule has 2 amide bonds. The molecule has 0 bridgehead atoms. The van der Waals surface area contributed by atoms with Gasteiger partial charge in [0.25, 0.3) is 0 Å². The summed E-state index contributed by atoms with van der Waals surface area (Å²) in [6.45, 7) is 3.67. The van der Waals surface area contributed by atoms with Crippen LogP contribution in [-0.2, 0) is 20.7 Å². The summed E-state index contributed by atoms with van der Waals surface area (Å²) in [4.78, 5) is 30.1. The van der Waals surface area contributed by atoms with E-state index in [1.807, 2.05) is 35.2 Å². The summed E-state index contributed by atoms with van der Waals surface area (Å²) >= 11 is 0. The Kier molecular flexibility index (Phi) is 4.98. The summed E-state index contributed by atoms with van der Waals surface area (Å²) in [7, 11) is 0. The molecule has 5 nitrogen and oxygen atoms in total. The van der Waals surface area contributed by atoms with Gasteiger partial charge < -0.3 is 14.5 Å². The van der Waals surface area contributed by atoms with Crippen LogP contribution < -0.4 is 0 Å². The molecule has 0 aromatic heterocycles. The van der Waals surface area contributed by atoms with E-state index in [0.29, 0.717) is 25.6 Å². The first-order valence-corrected chi connectivity index (χ1v) is 9.88. The van der Waals surface area contributed by atoms with Gasteiger partial charge in [0.15, 0.2) is 0 Å². The van der Waals surface area contributed by atoms with Gasteiger partial charge in [-0.05, 0) is 37.7 Å². The summed E-state index contributed by atoms with van der Waals surface area (Å²) in [6.07, 6.45) is 5.09. The van der Waals surface area contributed by atoms with Crippen molar-refractivity contribution >= 4 is 11.8 Å². The van der Waals surface area contributed by atoms with Gasteiger partial charge in [-0.3, -0.25) is 9.59 Å². The number of hydrogen-bond acceptors (Lipinski definition) is 3. The van der Waals surface area contributed by atoms with Crippen LogP contribution in [0.4, 0.5) is 0 Å². The summed E-state index contributed by atoms with van der Waals surface area (Å²) in [5, 5.41) is 0. The highest BCUT2D eigenvalue weighted by molar-refractivity contribution is 5.86. The van der Waals surface area contributed by atoms with Crippen LogP contribution >= 0.6 is 0 Å². The third kappa shape index (κ3) is 3.37. The number of carbonyl (C=O) groups is 2. The van der Waals surface area contributed by atoms with Crippen molar-refractivity contribution in [2.75, 3.05) is 32.8 Å². The predicted octanol–water partition coefficient (Wildman–Crippen LogP) is 2.25. The third-order valence-corrected chi connectivity index (χ3v) is 6.31. The number of carbonyl (C=O) groups excluding carboxylic acids is 2. The smallest absolute Gasteiger partial charge is 0.230 e. The molecule has 0 N–H and O–H groups in total. The molecule has 3 heterocycles. The van der Waals surface area contributed by atoms with Crippen molar-refractivity contribution in [1.82, 2.24) is 9.80 Å². The second-order valence-corrected chi connectivity index (χ2v) is 7.95. The predicted molar refractivity (Wildman–Crippen MR) is 98.6 cm³/mol. The van der Waals surface area contributed by atoms with Crippen LogP contribution in [-0.4, -0.2) is 60.5 Å². The summed E-state index contributed by atoms with van der Waals surface area (Å²) in [6, 6.07) is 10.2. The molecule has 4 rings (SSSR count). The van der Waals surface area contributed by atoms with E-state index in [2.05, 4.69) is 4.90 Å². The van der Waals surface area contributed by atoms with E-state index in [-0.39, 0.29) is 17.2 Å². The van der Waals surface area contributed by atoms with E-state index < -0.39 is 0 Å². The zero-order valence-corrected chi connectivity index (χ0v) is 15.4. The Hall–Kier alpha value is -1.88. The van der Waals surface area contributed by atoms with Crippen molar-refractivity contribution in [1.29, 1.82) is 0 Å². The molecule has 1 atom stereocenters. The second-order valence-electron chi connectivity index (χ2n) is 7.95. The van der Waals surface area contributed by atoms with E-state index in [1.165, 1.54) is 0 Å². The molecule has 0 radical (unpaired) electrons. The molecular weight excluding hydrogens is 328 g/mol. The molecule has 3 fully saturated rings. The fraction of sp³-hybridized carbons (Fsp3) is 0.619. The Labute approximate surface area is 155 Å². The number of ether oxygens (including phenoxy) is 1. The first-order valence-electron chi connectivity index (χ1n) is 9.88. The van der Waals surface area contributed by atoms with Crippen molar-refractivity contribution in [2.24, 2.45) is 5.41 Å². The standard InChI is InChI=1S/C21H28N2O3/c24-19(15-17-5-2-1-3-6-17)22-12-10-21(16-22)9-4-11-23(20(21)25)18-7-13-26-14-8-18/h1-3,5-6,18H,4,7-16H2. The maximum Gasteiger partial charge on any atom is 0.230 e. The summed E-state index contributed by atoms with van der Waals surface area (Å²) in [5.41, 5.74) is 0.695. The number of benzene rings is 1. The van der Waals surface area contributed by atoms with Crippen LogP contribution in [0, 0.1) is 5.41 Å². The van der Waals surface area contributed by atoms with Crippen molar-refractivity contribution in [3.05, 3.63) is 35.9 Å². The molecule has 1 aromatic rings. The van der Waals surface area contributed by atoms with Crippen LogP contribution in [0.3, 0.4) is 0 Å². The van der Waals surface area contributed by atoms with Gasteiger partial charge in [-0.15, -0.1) is 0 Å². The molecule has 140 valence electrons. The Balaban J connectivity index is 1.42. The average molecular weight is 356 g/mol. The Morgan fingerprint density at radius 1 is 1.12 bits per heavy atom. The molecule has 0 aliphatic carbocycles. The molecule has 3 aliphatic heterocycles. The lowest BCUT2D eigenvalue weighted by molar-refractivity contribution is -0.150. The van der Waals surface area contributed by atoms with Crippen molar-refractivity contribution in [3.8, 4) is 0 Å². The molecule has 0 saturated carbocycles. The van der Waals surface area contributed by atoms with E-state index in [0.717, 1.165) is 57.4 Å². The van der Waals surface area contributed by atoms with Gasteiger partial charge in [0, 0.05) is 38.9 Å². The van der Waals surface area contributed by atoms with Gasteiger partial charge in [0.05, 0.1) is 11.8 Å². The molecule has 1 unspecified atom stereocenters. The molecule has 3 saturated heterocycles. The summed E-state index contributed by atoms with van der Waals surface area (Å²) < 4.78 is 5.46. The highest BCUT2D eigenvalue weighted by atomic mass is 16.5. The second kappa shape index (κ2) is 7.39. The van der Waals surface area contributed by atoms with Gasteiger partial charge in [0.1, 0.15) is 0 Å². The maximum atomic E-state index is 13.3. The summed E-state index contributed by atoms with van der Waals surface area (Å²) in [5.74, 6) is 0.426. The molecular formula is C21H28N2O3. The maximum absolute atomic E-state index is 13.3. The minimum atomic E-state index is -0.344. The number of likely N-dealkylation sites (tertiary alicyclic amines) is 2. The highest BCUT2D eigenvalue weighted by Crippen LogP contribution is 2.41. The lowest BCUT2D eigenvalue weighted by Gasteiger charge is -2.44. The zero-order valence-electron chi connectivity index (χ0n) is 15.4. The lowest BCUT2D eigenvalue weighted by Crippen LogP contribution is -2.55. The number of amides is 2. The van der Waals surface area contributed by atoms with Gasteiger partial charge in [-0.2, -0.15) is 0 Å². The fourth-order valence-corrected chi connectivity index (χ4v) is 4.79. The number of hydrogen-bond donors (Lipinski definition) is 0. The topological polar surface area (TPSA) is 49.9 Å². The molecule has 1 spiro atoms. The van der Waals surface area contributed by atoms with Crippen LogP contribution in [0.1, 0.15) is 37.7 Å². The zero-order chi connectivity index (χ0) is 18.0. The van der Waals surface area contributed by atoms with Crippen LogP contribution in [0.5, 0.6) is 0 Å². The first kappa shape index (κ1) is 17.5. The van der Waals surface area contributed by atoms with E-state index in [1.54, 1.807) is 0 Å². The highest BCUT2D eigenvalue weighted by Gasteiger charge is 2.50. The third-order valence-electron chi connectivity index (χ3n) is 6.31. The molecule has 26 heavy (non-hydrogen) atoms. The largest absolute Gasteiger partial charge is 0.381 e. The number of rotatable bonds is 3. The monoisotopic (exact) mass is 356 g/mol. The molecule has 3 aliphatic rings. The van der Waals surface area contributed by atoms with Crippen LogP contribution in [0.15, 0.2) is 30.3 Å². The van der Waals surface area contributed by atoms with Crippen molar-refractivity contribution < 1.29 is 14.3 Å². The van der Waals surface area contributed by atoms with E-state index in [9.17, 15) is 9.59 Å². The van der Waals surface area contributed by atoms with Crippen LogP contribution in [0.25, 0.3) is 0 Å². The Morgan fingerprint density at radius 2 is 1.88 bits per heavy atom. The Bertz CT molecular complexity index is 656. The minimum Gasteiger partial charge on any atom is -0.381 e. The van der Waals surface area contributed by atoms with Gasteiger partial charge in [-0.25, -0.2) is 0 Å². The van der Waals surface area contributed by atoms with E-state index >= 15 is 0 Å². The average Bonchev–Trinajstić information content (AvgIpc) is 3.11. The minimum absolute atomic E-state index is 0.143. The fourth-order valence-electron chi connectivity index (χ4n) is 4.79. The van der Waals surface area contributed by atoms with Gasteiger partial charge in [0.2, 0.25) is 11.8 Å². The number of piperidine rings is 1. The van der Waals surface area contributed by atoms with Gasteiger partial charge >= 0.3 is 0 Å². The number of nitrogens with zero attached hydrogens (tertiary/aromatic N) is 2. The lowest BCUT2D eigenvalue weighted by atomic mass is 9.77. The normalized spacial score (nSPS) is 27.3. The van der Waals surface area contributed by atoms with Gasteiger partial charge in [-0.1, -0.05) is 30.3 Å². The van der Waals surface area contributed by atoms with Crippen LogP contribution in [0.2, 0.25) is 0 Å². The molecule has 5 heteroatoms. The SMILES string of the molecule is O=C(Cc1ccccc1)N1CCC2(CCCN(C3CCOCC3)C2=O)C1. The van der Waals surface area contributed by atoms with Crippen molar-refractivity contribution in [2.45, 2.75) is 44.6 Å². The molecule has 1 aromatic carbocycles. The van der Waals surface area contributed by atoms with E-state index in [4.69, 9.17) is 4.74 Å². The first-order chi connectivity index (χ1) is 12.7. The quantitative estimate of drug-likeness (QED) is 0.835. The Morgan fingerprint density at radius 3 is 2.65 bits per heavy atom. The van der Waals surface area contributed by atoms with Crippen molar-refractivity contribution in [3.63, 3.8) is 0 Å².